The van der Waals surface area contributed by atoms with Gasteiger partial charge in [-0.25, -0.2) is 4.98 Å². The lowest BCUT2D eigenvalue weighted by Gasteiger charge is -2.05. The average molecular weight is 252 g/mol. The number of nitrogens with zero attached hydrogens (tertiary/aromatic N) is 2. The van der Waals surface area contributed by atoms with Gasteiger partial charge in [0.05, 0.1) is 5.39 Å². The van der Waals surface area contributed by atoms with Crippen molar-refractivity contribution in [2.24, 2.45) is 0 Å². The van der Waals surface area contributed by atoms with Crippen molar-refractivity contribution >= 4 is 22.8 Å². The molecule has 0 spiro atoms. The number of carbonyl (C=O) groups excluding carboxylic acids is 1. The molecule has 94 valence electrons. The molecule has 2 aromatic heterocycles. The molecule has 2 heterocycles. The second-order valence-electron chi connectivity index (χ2n) is 4.24. The maximum Gasteiger partial charge on any atom is 0.257 e. The van der Waals surface area contributed by atoms with Gasteiger partial charge in [-0.2, -0.15) is 5.10 Å². The number of nitrogens with one attached hydrogen (secondary N) is 2. The van der Waals surface area contributed by atoms with E-state index in [1.807, 2.05) is 31.2 Å². The number of pyridine rings is 1. The zero-order valence-corrected chi connectivity index (χ0v) is 10.3. The topological polar surface area (TPSA) is 70.7 Å². The lowest BCUT2D eigenvalue weighted by molar-refractivity contribution is 0.102. The first-order valence-corrected chi connectivity index (χ1v) is 5.92. The minimum Gasteiger partial charge on any atom is -0.306 e. The Bertz CT molecular complexity index is 748. The van der Waals surface area contributed by atoms with E-state index in [-0.39, 0.29) is 5.91 Å². The summed E-state index contributed by atoms with van der Waals surface area (Å²) in [4.78, 5) is 16.3. The number of hydrogen-bond acceptors (Lipinski definition) is 3. The highest BCUT2D eigenvalue weighted by Gasteiger charge is 2.12. The molecular weight excluding hydrogens is 240 g/mol. The Morgan fingerprint density at radius 3 is 2.89 bits per heavy atom. The number of amides is 1. The van der Waals surface area contributed by atoms with Crippen LogP contribution >= 0.6 is 0 Å². The van der Waals surface area contributed by atoms with Gasteiger partial charge in [0, 0.05) is 11.8 Å². The van der Waals surface area contributed by atoms with Gasteiger partial charge >= 0.3 is 0 Å². The molecule has 5 nitrogen and oxygen atoms in total. The van der Waals surface area contributed by atoms with Crippen molar-refractivity contribution < 1.29 is 4.79 Å². The maximum absolute atomic E-state index is 12.2. The summed E-state index contributed by atoms with van der Waals surface area (Å²) in [6.07, 6.45) is 1.66. The van der Waals surface area contributed by atoms with Crippen LogP contribution in [0, 0.1) is 6.92 Å². The number of rotatable bonds is 2. The smallest absolute Gasteiger partial charge is 0.257 e. The number of H-pyrrole nitrogens is 1. The largest absolute Gasteiger partial charge is 0.306 e. The lowest BCUT2D eigenvalue weighted by Crippen LogP contribution is -2.13. The van der Waals surface area contributed by atoms with E-state index in [1.54, 1.807) is 18.3 Å². The zero-order chi connectivity index (χ0) is 13.2. The molecule has 0 aliphatic rings. The van der Waals surface area contributed by atoms with E-state index in [4.69, 9.17) is 0 Å². The second kappa shape index (κ2) is 4.53. The summed E-state index contributed by atoms with van der Waals surface area (Å²) in [5.41, 5.74) is 2.17. The van der Waals surface area contributed by atoms with Gasteiger partial charge in [0.1, 0.15) is 5.82 Å². The average Bonchev–Trinajstić information content (AvgIpc) is 2.83. The Morgan fingerprint density at radius 1 is 1.21 bits per heavy atom. The third kappa shape index (κ3) is 2.06. The number of aromatic amines is 1. The standard InChI is InChI=1S/C14H12N4O/c1-9-5-2-3-6-10(9)14(19)16-13-11-7-4-8-15-12(11)17-18-13/h2-8H,1H3,(H2,15,16,17,18,19). The van der Waals surface area contributed by atoms with Crippen molar-refractivity contribution in [2.75, 3.05) is 5.32 Å². The molecule has 1 aromatic carbocycles. The van der Waals surface area contributed by atoms with E-state index in [0.29, 0.717) is 17.0 Å². The molecule has 0 saturated carbocycles. The summed E-state index contributed by atoms with van der Waals surface area (Å²) < 4.78 is 0. The lowest BCUT2D eigenvalue weighted by atomic mass is 10.1. The Balaban J connectivity index is 1.94. The fraction of sp³-hybridized carbons (Fsp3) is 0.0714. The summed E-state index contributed by atoms with van der Waals surface area (Å²) >= 11 is 0. The van der Waals surface area contributed by atoms with E-state index in [9.17, 15) is 4.79 Å². The van der Waals surface area contributed by atoms with Gasteiger partial charge in [0.2, 0.25) is 0 Å². The number of aryl methyl sites for hydroxylation is 1. The van der Waals surface area contributed by atoms with Gasteiger partial charge in [0.25, 0.3) is 5.91 Å². The van der Waals surface area contributed by atoms with Crippen molar-refractivity contribution in [3.8, 4) is 0 Å². The van der Waals surface area contributed by atoms with E-state index >= 15 is 0 Å². The van der Waals surface area contributed by atoms with Crippen LogP contribution in [0.15, 0.2) is 42.6 Å². The van der Waals surface area contributed by atoms with Crippen molar-refractivity contribution in [2.45, 2.75) is 6.92 Å². The van der Waals surface area contributed by atoms with Gasteiger partial charge in [-0.05, 0) is 30.7 Å². The van der Waals surface area contributed by atoms with Gasteiger partial charge in [0.15, 0.2) is 5.65 Å². The number of carbonyl (C=O) groups is 1. The zero-order valence-electron chi connectivity index (χ0n) is 10.3. The molecule has 3 rings (SSSR count). The predicted octanol–water partition coefficient (Wildman–Crippen LogP) is 2.52. The summed E-state index contributed by atoms with van der Waals surface area (Å²) in [6, 6.07) is 11.1. The number of benzene rings is 1. The van der Waals surface area contributed by atoms with Gasteiger partial charge in [-0.15, -0.1) is 0 Å². The molecule has 3 aromatic rings. The quantitative estimate of drug-likeness (QED) is 0.736. The van der Waals surface area contributed by atoms with Crippen LogP contribution in [0.25, 0.3) is 11.0 Å². The van der Waals surface area contributed by atoms with Crippen LogP contribution in [0.2, 0.25) is 0 Å². The van der Waals surface area contributed by atoms with E-state index in [1.165, 1.54) is 0 Å². The molecule has 1 amide bonds. The van der Waals surface area contributed by atoms with Crippen molar-refractivity contribution in [3.05, 3.63) is 53.7 Å². The summed E-state index contributed by atoms with van der Waals surface area (Å²) in [5, 5.41) is 10.4. The predicted molar refractivity (Wildman–Crippen MR) is 73.0 cm³/mol. The summed E-state index contributed by atoms with van der Waals surface area (Å²) in [5.74, 6) is 0.406. The van der Waals surface area contributed by atoms with E-state index in [2.05, 4.69) is 20.5 Å². The number of hydrogen-bond donors (Lipinski definition) is 2. The molecule has 0 aliphatic heterocycles. The minimum absolute atomic E-state index is 0.160. The maximum atomic E-state index is 12.2. The second-order valence-corrected chi connectivity index (χ2v) is 4.24. The van der Waals surface area contributed by atoms with Gasteiger partial charge in [-0.1, -0.05) is 18.2 Å². The van der Waals surface area contributed by atoms with Crippen molar-refractivity contribution in [3.63, 3.8) is 0 Å². The Hall–Kier alpha value is -2.69. The molecule has 19 heavy (non-hydrogen) atoms. The SMILES string of the molecule is Cc1ccccc1C(=O)Nc1[nH]nc2ncccc12. The molecule has 0 radical (unpaired) electrons. The number of anilines is 1. The highest BCUT2D eigenvalue weighted by molar-refractivity contribution is 6.08. The van der Waals surface area contributed by atoms with E-state index < -0.39 is 0 Å². The Labute approximate surface area is 109 Å². The monoisotopic (exact) mass is 252 g/mol. The van der Waals surface area contributed by atoms with Gasteiger partial charge < -0.3 is 5.32 Å². The molecule has 0 saturated heterocycles. The van der Waals surface area contributed by atoms with Crippen LogP contribution in [0.5, 0.6) is 0 Å². The molecule has 0 aliphatic carbocycles. The van der Waals surface area contributed by atoms with Crippen LogP contribution < -0.4 is 5.32 Å². The van der Waals surface area contributed by atoms with Crippen LogP contribution in [0.4, 0.5) is 5.82 Å². The fourth-order valence-electron chi connectivity index (χ4n) is 1.95. The summed E-state index contributed by atoms with van der Waals surface area (Å²) in [6.45, 7) is 1.90. The van der Waals surface area contributed by atoms with Gasteiger partial charge in [-0.3, -0.25) is 9.89 Å². The van der Waals surface area contributed by atoms with Crippen LogP contribution in [0.3, 0.4) is 0 Å². The Morgan fingerprint density at radius 2 is 2.05 bits per heavy atom. The van der Waals surface area contributed by atoms with Crippen molar-refractivity contribution in [1.29, 1.82) is 0 Å². The highest BCUT2D eigenvalue weighted by Crippen LogP contribution is 2.19. The first kappa shape index (κ1) is 11.4. The minimum atomic E-state index is -0.160. The molecule has 0 fully saturated rings. The molecule has 0 unspecified atom stereocenters. The molecule has 0 bridgehead atoms. The van der Waals surface area contributed by atoms with E-state index in [0.717, 1.165) is 10.9 Å². The molecule has 5 heteroatoms. The highest BCUT2D eigenvalue weighted by atomic mass is 16.1. The van der Waals surface area contributed by atoms with Crippen LogP contribution in [0.1, 0.15) is 15.9 Å². The van der Waals surface area contributed by atoms with Crippen LogP contribution in [-0.4, -0.2) is 21.1 Å². The fourth-order valence-corrected chi connectivity index (χ4v) is 1.95. The third-order valence-corrected chi connectivity index (χ3v) is 2.96. The third-order valence-electron chi connectivity index (χ3n) is 2.96. The first-order valence-electron chi connectivity index (χ1n) is 5.92. The Kier molecular flexibility index (Phi) is 2.72. The molecule has 0 atom stereocenters. The number of fused-ring (bicyclic) bond motifs is 1. The summed E-state index contributed by atoms with van der Waals surface area (Å²) in [7, 11) is 0. The number of aromatic nitrogens is 3. The molecular formula is C14H12N4O. The normalized spacial score (nSPS) is 10.6. The van der Waals surface area contributed by atoms with Crippen LogP contribution in [-0.2, 0) is 0 Å². The molecule has 2 N–H and O–H groups in total. The first-order chi connectivity index (χ1) is 9.25. The van der Waals surface area contributed by atoms with Crippen molar-refractivity contribution in [1.82, 2.24) is 15.2 Å².